The van der Waals surface area contributed by atoms with Gasteiger partial charge in [-0.05, 0) is 0 Å². The minimum absolute atomic E-state index is 0.932. The van der Waals surface area contributed by atoms with E-state index in [-0.39, 0.29) is 0 Å². The summed E-state index contributed by atoms with van der Waals surface area (Å²) in [7, 11) is 1.86. The van der Waals surface area contributed by atoms with Gasteiger partial charge in [0.1, 0.15) is 0 Å². The van der Waals surface area contributed by atoms with Gasteiger partial charge in [0.15, 0.2) is 0 Å². The van der Waals surface area contributed by atoms with Gasteiger partial charge in [-0.3, -0.25) is 0 Å². The molecule has 0 aliphatic rings. The SMILES string of the molecule is COC(OC)C(F)(F)F. The van der Waals surface area contributed by atoms with E-state index in [9.17, 15) is 13.2 Å². The zero-order chi connectivity index (χ0) is 7.49. The number of halogens is 3. The molecule has 0 saturated carbocycles. The molecule has 0 aliphatic heterocycles. The summed E-state index contributed by atoms with van der Waals surface area (Å²) in [6.45, 7) is 0. The van der Waals surface area contributed by atoms with Gasteiger partial charge < -0.3 is 9.47 Å². The first kappa shape index (κ1) is 8.71. The van der Waals surface area contributed by atoms with Crippen LogP contribution < -0.4 is 0 Å². The Balaban J connectivity index is 3.79. The Morgan fingerprint density at radius 3 is 1.44 bits per heavy atom. The Hall–Kier alpha value is -0.290. The summed E-state index contributed by atoms with van der Waals surface area (Å²) in [6, 6.07) is 0. The van der Waals surface area contributed by atoms with Gasteiger partial charge in [-0.15, -0.1) is 0 Å². The summed E-state index contributed by atoms with van der Waals surface area (Å²) >= 11 is 0. The molecule has 0 unspecified atom stereocenters. The molecule has 9 heavy (non-hydrogen) atoms. The molecule has 2 nitrogen and oxygen atoms in total. The molecule has 0 amide bonds. The standard InChI is InChI=1S/C4H7F3O2/c1-8-3(9-2)4(5,6)7/h3H,1-2H3. The lowest BCUT2D eigenvalue weighted by Gasteiger charge is -2.15. The Morgan fingerprint density at radius 2 is 1.44 bits per heavy atom. The predicted octanol–water partition coefficient (Wildman–Crippen LogP) is 1.17. The van der Waals surface area contributed by atoms with Crippen molar-refractivity contribution in [2.24, 2.45) is 0 Å². The van der Waals surface area contributed by atoms with Crippen molar-refractivity contribution in [1.29, 1.82) is 0 Å². The maximum absolute atomic E-state index is 11.5. The Labute approximate surface area is 50.6 Å². The molecule has 0 atom stereocenters. The van der Waals surface area contributed by atoms with E-state index >= 15 is 0 Å². The third-order valence-electron chi connectivity index (χ3n) is 0.695. The molecule has 0 aromatic rings. The van der Waals surface area contributed by atoms with E-state index < -0.39 is 12.5 Å². The highest BCUT2D eigenvalue weighted by Gasteiger charge is 2.40. The number of methoxy groups -OCH3 is 2. The maximum Gasteiger partial charge on any atom is 0.440 e. The molecule has 0 saturated heterocycles. The van der Waals surface area contributed by atoms with Crippen molar-refractivity contribution in [3.63, 3.8) is 0 Å². The fourth-order valence-electron chi connectivity index (χ4n) is 0.363. The van der Waals surface area contributed by atoms with Crippen LogP contribution in [0.15, 0.2) is 0 Å². The number of hydrogen-bond acceptors (Lipinski definition) is 2. The third kappa shape index (κ3) is 2.67. The number of ether oxygens (including phenoxy) is 2. The number of hydrogen-bond donors (Lipinski definition) is 0. The van der Waals surface area contributed by atoms with Crippen molar-refractivity contribution in [1.82, 2.24) is 0 Å². The summed E-state index contributed by atoms with van der Waals surface area (Å²) in [4.78, 5) is 0. The monoisotopic (exact) mass is 144 g/mol. The van der Waals surface area contributed by atoms with Gasteiger partial charge in [0, 0.05) is 14.2 Å². The van der Waals surface area contributed by atoms with Crippen LogP contribution in [-0.2, 0) is 9.47 Å². The highest BCUT2D eigenvalue weighted by atomic mass is 19.4. The van der Waals surface area contributed by atoms with Crippen molar-refractivity contribution in [3.8, 4) is 0 Å². The normalized spacial score (nSPS) is 12.7. The molecule has 0 heterocycles. The van der Waals surface area contributed by atoms with E-state index in [1.165, 1.54) is 0 Å². The zero-order valence-electron chi connectivity index (χ0n) is 5.03. The maximum atomic E-state index is 11.5. The first-order valence-corrected chi connectivity index (χ1v) is 2.14. The summed E-state index contributed by atoms with van der Waals surface area (Å²) in [5, 5.41) is 0. The van der Waals surface area contributed by atoms with Gasteiger partial charge in [0.2, 0.25) is 0 Å². The summed E-state index contributed by atoms with van der Waals surface area (Å²) in [5.74, 6) is 0. The van der Waals surface area contributed by atoms with Crippen molar-refractivity contribution < 1.29 is 22.6 Å². The van der Waals surface area contributed by atoms with Crippen LogP contribution in [0, 0.1) is 0 Å². The molecule has 0 N–H and O–H groups in total. The third-order valence-corrected chi connectivity index (χ3v) is 0.695. The Kier molecular flexibility index (Phi) is 2.93. The van der Waals surface area contributed by atoms with E-state index in [2.05, 4.69) is 9.47 Å². The molecule has 0 aliphatic carbocycles. The molecule has 0 rings (SSSR count). The summed E-state index contributed by atoms with van der Waals surface area (Å²) in [5.41, 5.74) is 0. The average molecular weight is 144 g/mol. The van der Waals surface area contributed by atoms with Crippen molar-refractivity contribution in [2.45, 2.75) is 12.5 Å². The van der Waals surface area contributed by atoms with Crippen LogP contribution in [0.1, 0.15) is 0 Å². The van der Waals surface area contributed by atoms with Gasteiger partial charge in [0.05, 0.1) is 0 Å². The fraction of sp³-hybridized carbons (Fsp3) is 1.00. The lowest BCUT2D eigenvalue weighted by atomic mass is 10.6. The first-order valence-electron chi connectivity index (χ1n) is 2.14. The molecule has 5 heteroatoms. The van der Waals surface area contributed by atoms with E-state index in [4.69, 9.17) is 0 Å². The molecule has 0 bridgehead atoms. The van der Waals surface area contributed by atoms with Crippen molar-refractivity contribution >= 4 is 0 Å². The van der Waals surface area contributed by atoms with Crippen LogP contribution in [-0.4, -0.2) is 26.7 Å². The quantitative estimate of drug-likeness (QED) is 0.541. The minimum Gasteiger partial charge on any atom is -0.348 e. The van der Waals surface area contributed by atoms with Gasteiger partial charge in [-0.1, -0.05) is 0 Å². The van der Waals surface area contributed by atoms with E-state index in [0.717, 1.165) is 14.2 Å². The largest absolute Gasteiger partial charge is 0.440 e. The van der Waals surface area contributed by atoms with Crippen molar-refractivity contribution in [3.05, 3.63) is 0 Å². The lowest BCUT2D eigenvalue weighted by Crippen LogP contribution is -2.32. The van der Waals surface area contributed by atoms with Gasteiger partial charge in [-0.25, -0.2) is 0 Å². The molecule has 0 spiro atoms. The van der Waals surface area contributed by atoms with Gasteiger partial charge in [0.25, 0.3) is 6.29 Å². The second-order valence-corrected chi connectivity index (χ2v) is 1.34. The van der Waals surface area contributed by atoms with Crippen LogP contribution in [0.4, 0.5) is 13.2 Å². The first-order chi connectivity index (χ1) is 4.02. The van der Waals surface area contributed by atoms with Crippen molar-refractivity contribution in [2.75, 3.05) is 14.2 Å². The molecule has 0 fully saturated rings. The second kappa shape index (κ2) is 3.03. The topological polar surface area (TPSA) is 18.5 Å². The van der Waals surface area contributed by atoms with E-state index in [1.54, 1.807) is 0 Å². The van der Waals surface area contributed by atoms with Gasteiger partial charge >= 0.3 is 6.18 Å². The molecular weight excluding hydrogens is 137 g/mol. The van der Waals surface area contributed by atoms with E-state index in [0.29, 0.717) is 0 Å². The van der Waals surface area contributed by atoms with Crippen LogP contribution >= 0.6 is 0 Å². The number of rotatable bonds is 2. The van der Waals surface area contributed by atoms with Crippen LogP contribution in [0.3, 0.4) is 0 Å². The summed E-state index contributed by atoms with van der Waals surface area (Å²) < 4.78 is 42.2. The zero-order valence-corrected chi connectivity index (χ0v) is 5.03. The molecule has 56 valence electrons. The average Bonchev–Trinajstić information content (AvgIpc) is 1.65. The highest BCUT2D eigenvalue weighted by Crippen LogP contribution is 2.22. The Bertz CT molecular complexity index is 76.4. The minimum atomic E-state index is -4.43. The smallest absolute Gasteiger partial charge is 0.348 e. The summed E-state index contributed by atoms with van der Waals surface area (Å²) in [6.07, 6.45) is -6.53. The second-order valence-electron chi connectivity index (χ2n) is 1.34. The molecular formula is C4H7F3O2. The fourth-order valence-corrected chi connectivity index (χ4v) is 0.363. The Morgan fingerprint density at radius 1 is 1.11 bits per heavy atom. The predicted molar refractivity (Wildman–Crippen MR) is 23.9 cm³/mol. The number of alkyl halides is 3. The molecule has 0 radical (unpaired) electrons. The highest BCUT2D eigenvalue weighted by molar-refractivity contribution is 4.53. The van der Waals surface area contributed by atoms with Crippen LogP contribution in [0.2, 0.25) is 0 Å². The lowest BCUT2D eigenvalue weighted by molar-refractivity contribution is -0.294. The van der Waals surface area contributed by atoms with Gasteiger partial charge in [-0.2, -0.15) is 13.2 Å². The molecule has 0 aromatic heterocycles. The van der Waals surface area contributed by atoms with Crippen LogP contribution in [0.25, 0.3) is 0 Å². The van der Waals surface area contributed by atoms with Crippen LogP contribution in [0.5, 0.6) is 0 Å². The van der Waals surface area contributed by atoms with E-state index in [1.807, 2.05) is 0 Å². The molecule has 0 aromatic carbocycles.